The molecule has 1 aliphatic carbocycles. The minimum absolute atomic E-state index is 0.0541. The third-order valence-corrected chi connectivity index (χ3v) is 2.08. The van der Waals surface area contributed by atoms with Crippen LogP contribution in [0.5, 0.6) is 0 Å². The number of ketones is 1. The van der Waals surface area contributed by atoms with Crippen LogP contribution in [0.1, 0.15) is 39.0 Å². The Morgan fingerprint density at radius 1 is 1.45 bits per heavy atom. The maximum atomic E-state index is 10.8. The number of hydrogen-bond donors (Lipinski definition) is 1. The lowest BCUT2D eigenvalue weighted by Crippen LogP contribution is -1.93. The summed E-state index contributed by atoms with van der Waals surface area (Å²) in [4.78, 5) is 10.8. The molecule has 0 aromatic heterocycles. The van der Waals surface area contributed by atoms with Crippen molar-refractivity contribution in [1.82, 2.24) is 0 Å². The van der Waals surface area contributed by atoms with Gasteiger partial charge in [0.15, 0.2) is 11.5 Å². The number of rotatable bonds is 3. The van der Waals surface area contributed by atoms with E-state index in [0.717, 1.165) is 31.3 Å². The minimum atomic E-state index is -0.0731. The lowest BCUT2D eigenvalue weighted by atomic mass is 10.1. The van der Waals surface area contributed by atoms with Crippen LogP contribution in [0, 0.1) is 0 Å². The molecule has 2 heteroatoms. The summed E-state index contributed by atoms with van der Waals surface area (Å²) in [5.41, 5.74) is 0.969. The molecule has 0 saturated carbocycles. The molecule has 0 unspecified atom stereocenters. The normalized spacial score (nSPS) is 18.1. The minimum Gasteiger partial charge on any atom is -0.504 e. The summed E-state index contributed by atoms with van der Waals surface area (Å²) >= 11 is 0. The number of carbonyl (C=O) groups excluding carboxylic acids is 1. The van der Waals surface area contributed by atoms with E-state index >= 15 is 0 Å². The number of unbranched alkanes of at least 4 members (excludes halogenated alkanes) is 1. The molecule has 0 amide bonds. The van der Waals surface area contributed by atoms with E-state index in [9.17, 15) is 9.90 Å². The van der Waals surface area contributed by atoms with E-state index < -0.39 is 0 Å². The van der Waals surface area contributed by atoms with Crippen LogP contribution in [-0.4, -0.2) is 10.9 Å². The molecule has 0 heterocycles. The topological polar surface area (TPSA) is 37.3 Å². The highest BCUT2D eigenvalue weighted by atomic mass is 16.3. The summed E-state index contributed by atoms with van der Waals surface area (Å²) in [6.45, 7) is 2.11. The van der Waals surface area contributed by atoms with Crippen molar-refractivity contribution in [1.29, 1.82) is 0 Å². The SMILES string of the molecule is CCCCC1=C(O)C(=O)CC1. The van der Waals surface area contributed by atoms with E-state index in [1.54, 1.807) is 0 Å². The fraction of sp³-hybridized carbons (Fsp3) is 0.667. The van der Waals surface area contributed by atoms with Gasteiger partial charge in [0.05, 0.1) is 0 Å². The van der Waals surface area contributed by atoms with Gasteiger partial charge in [0.1, 0.15) is 0 Å². The van der Waals surface area contributed by atoms with Gasteiger partial charge in [-0.2, -0.15) is 0 Å². The lowest BCUT2D eigenvalue weighted by molar-refractivity contribution is -0.117. The van der Waals surface area contributed by atoms with E-state index in [1.807, 2.05) is 0 Å². The number of carbonyl (C=O) groups is 1. The van der Waals surface area contributed by atoms with Crippen LogP contribution in [-0.2, 0) is 4.79 Å². The van der Waals surface area contributed by atoms with Gasteiger partial charge in [0.25, 0.3) is 0 Å². The highest BCUT2D eigenvalue weighted by Crippen LogP contribution is 2.24. The van der Waals surface area contributed by atoms with Crippen LogP contribution in [0.4, 0.5) is 0 Å². The van der Waals surface area contributed by atoms with Gasteiger partial charge in [0.2, 0.25) is 0 Å². The summed E-state index contributed by atoms with van der Waals surface area (Å²) in [6, 6.07) is 0. The average Bonchev–Trinajstić information content (AvgIpc) is 2.31. The highest BCUT2D eigenvalue weighted by molar-refractivity contribution is 5.96. The van der Waals surface area contributed by atoms with Gasteiger partial charge >= 0.3 is 0 Å². The van der Waals surface area contributed by atoms with Gasteiger partial charge in [-0.05, 0) is 24.8 Å². The quantitative estimate of drug-likeness (QED) is 0.677. The van der Waals surface area contributed by atoms with Crippen LogP contribution >= 0.6 is 0 Å². The van der Waals surface area contributed by atoms with Crippen molar-refractivity contribution >= 4 is 5.78 Å². The van der Waals surface area contributed by atoms with Crippen LogP contribution < -0.4 is 0 Å². The van der Waals surface area contributed by atoms with Crippen LogP contribution in [0.15, 0.2) is 11.3 Å². The summed E-state index contributed by atoms with van der Waals surface area (Å²) in [5, 5.41) is 9.21. The van der Waals surface area contributed by atoms with Gasteiger partial charge in [-0.15, -0.1) is 0 Å². The van der Waals surface area contributed by atoms with E-state index in [-0.39, 0.29) is 11.5 Å². The second-order valence-electron chi connectivity index (χ2n) is 2.98. The molecule has 0 fully saturated rings. The Morgan fingerprint density at radius 3 is 2.64 bits per heavy atom. The number of aliphatic hydroxyl groups is 1. The smallest absolute Gasteiger partial charge is 0.197 e. The number of aliphatic hydroxyl groups excluding tert-OH is 1. The first-order valence-electron chi connectivity index (χ1n) is 4.20. The molecule has 0 saturated heterocycles. The van der Waals surface area contributed by atoms with E-state index in [4.69, 9.17) is 0 Å². The Morgan fingerprint density at radius 2 is 2.18 bits per heavy atom. The van der Waals surface area contributed by atoms with Crippen molar-refractivity contribution in [3.63, 3.8) is 0 Å². The number of hydrogen-bond acceptors (Lipinski definition) is 2. The van der Waals surface area contributed by atoms with Crippen molar-refractivity contribution in [2.24, 2.45) is 0 Å². The molecule has 0 aromatic carbocycles. The van der Waals surface area contributed by atoms with E-state index in [0.29, 0.717) is 6.42 Å². The molecular weight excluding hydrogens is 140 g/mol. The van der Waals surface area contributed by atoms with Crippen LogP contribution in [0.3, 0.4) is 0 Å². The van der Waals surface area contributed by atoms with Crippen molar-refractivity contribution in [3.05, 3.63) is 11.3 Å². The molecule has 2 nitrogen and oxygen atoms in total. The molecule has 0 spiro atoms. The van der Waals surface area contributed by atoms with Crippen molar-refractivity contribution < 1.29 is 9.90 Å². The Balaban J connectivity index is 2.50. The predicted molar refractivity (Wildman–Crippen MR) is 43.4 cm³/mol. The average molecular weight is 154 g/mol. The molecule has 1 rings (SSSR count). The molecule has 1 N–H and O–H groups in total. The zero-order valence-electron chi connectivity index (χ0n) is 6.89. The van der Waals surface area contributed by atoms with Gasteiger partial charge in [-0.25, -0.2) is 0 Å². The van der Waals surface area contributed by atoms with Crippen molar-refractivity contribution in [2.75, 3.05) is 0 Å². The summed E-state index contributed by atoms with van der Waals surface area (Å²) in [7, 11) is 0. The van der Waals surface area contributed by atoms with Crippen molar-refractivity contribution in [3.8, 4) is 0 Å². The maximum absolute atomic E-state index is 10.8. The molecule has 1 aliphatic rings. The third-order valence-electron chi connectivity index (χ3n) is 2.08. The standard InChI is InChI=1S/C9H14O2/c1-2-3-4-7-5-6-8(10)9(7)11/h11H,2-6H2,1H3. The second kappa shape index (κ2) is 3.56. The Hall–Kier alpha value is -0.790. The second-order valence-corrected chi connectivity index (χ2v) is 2.98. The molecular formula is C9H14O2. The fourth-order valence-electron chi connectivity index (χ4n) is 1.33. The maximum Gasteiger partial charge on any atom is 0.197 e. The zero-order valence-corrected chi connectivity index (χ0v) is 6.89. The Kier molecular flexibility index (Phi) is 2.69. The van der Waals surface area contributed by atoms with Gasteiger partial charge in [-0.3, -0.25) is 4.79 Å². The summed E-state index contributed by atoms with van der Waals surface area (Å²) < 4.78 is 0. The Bertz CT molecular complexity index is 192. The molecule has 0 bridgehead atoms. The van der Waals surface area contributed by atoms with Crippen LogP contribution in [0.2, 0.25) is 0 Å². The van der Waals surface area contributed by atoms with Crippen molar-refractivity contribution in [2.45, 2.75) is 39.0 Å². The highest BCUT2D eigenvalue weighted by Gasteiger charge is 2.20. The Labute approximate surface area is 66.9 Å². The lowest BCUT2D eigenvalue weighted by Gasteiger charge is -1.98. The molecule has 0 radical (unpaired) electrons. The monoisotopic (exact) mass is 154 g/mol. The van der Waals surface area contributed by atoms with Gasteiger partial charge in [-0.1, -0.05) is 13.3 Å². The largest absolute Gasteiger partial charge is 0.504 e. The molecule has 0 aliphatic heterocycles. The van der Waals surface area contributed by atoms with Gasteiger partial charge in [0, 0.05) is 6.42 Å². The first kappa shape index (κ1) is 8.31. The fourth-order valence-corrected chi connectivity index (χ4v) is 1.33. The van der Waals surface area contributed by atoms with Gasteiger partial charge < -0.3 is 5.11 Å². The zero-order chi connectivity index (χ0) is 8.27. The molecule has 0 aromatic rings. The predicted octanol–water partition coefficient (Wildman–Crippen LogP) is 2.35. The molecule has 0 atom stereocenters. The number of allylic oxidation sites excluding steroid dienone is 2. The third kappa shape index (κ3) is 1.82. The molecule has 11 heavy (non-hydrogen) atoms. The van der Waals surface area contributed by atoms with Crippen LogP contribution in [0.25, 0.3) is 0 Å². The molecule has 62 valence electrons. The summed E-state index contributed by atoms with van der Waals surface area (Å²) in [5.74, 6) is -0.0189. The first-order valence-corrected chi connectivity index (χ1v) is 4.20. The number of Topliss-reactive ketones (excluding diaryl/α,β-unsaturated/α-hetero) is 1. The van der Waals surface area contributed by atoms with E-state index in [2.05, 4.69) is 6.92 Å². The van der Waals surface area contributed by atoms with E-state index in [1.165, 1.54) is 0 Å². The summed E-state index contributed by atoms with van der Waals surface area (Å²) in [6.07, 6.45) is 4.39. The first-order chi connectivity index (χ1) is 5.25.